The average Bonchev–Trinajstić information content (AvgIpc) is 2.72. The number of aryl methyl sites for hydroxylation is 1. The number of H-pyrrole nitrogens is 1. The Kier molecular flexibility index (Phi) is 3.34. The predicted molar refractivity (Wildman–Crippen MR) is 65.1 cm³/mol. The molecule has 0 fully saturated rings. The normalized spacial score (nSPS) is 10.2. The number of hydrogen-bond donors (Lipinski definition) is 2. The fourth-order valence-electron chi connectivity index (χ4n) is 1.32. The largest absolute Gasteiger partial charge is 0.344 e. The van der Waals surface area contributed by atoms with E-state index in [0.29, 0.717) is 6.54 Å². The molecule has 0 saturated carbocycles. The monoisotopic (exact) mass is 249 g/mol. The first-order chi connectivity index (χ1) is 8.15. The van der Waals surface area contributed by atoms with Crippen LogP contribution in [0.3, 0.4) is 0 Å². The van der Waals surface area contributed by atoms with Crippen molar-refractivity contribution in [1.82, 2.24) is 15.3 Å². The Hall–Kier alpha value is -1.95. The first-order valence-electron chi connectivity index (χ1n) is 5.04. The van der Waals surface area contributed by atoms with Gasteiger partial charge in [-0.25, -0.2) is 4.98 Å². The molecule has 0 aromatic carbocycles. The molecule has 0 unspecified atom stereocenters. The number of nitrogens with zero attached hydrogens (tertiary/aromatic N) is 1. The second-order valence-corrected chi connectivity index (χ2v) is 4.44. The molecule has 0 spiro atoms. The Morgan fingerprint density at radius 3 is 3.00 bits per heavy atom. The van der Waals surface area contributed by atoms with E-state index < -0.39 is 0 Å². The summed E-state index contributed by atoms with van der Waals surface area (Å²) in [7, 11) is 0. The minimum Gasteiger partial charge on any atom is -0.344 e. The third-order valence-corrected chi connectivity index (χ3v) is 3.05. The first-order valence-corrected chi connectivity index (χ1v) is 5.91. The van der Waals surface area contributed by atoms with Gasteiger partial charge in [0.15, 0.2) is 0 Å². The molecule has 2 rings (SSSR count). The summed E-state index contributed by atoms with van der Waals surface area (Å²) >= 11 is 1.49. The third kappa shape index (κ3) is 3.01. The molecule has 2 aromatic heterocycles. The molecule has 0 aliphatic heterocycles. The van der Waals surface area contributed by atoms with Crippen LogP contribution in [0.1, 0.15) is 21.2 Å². The van der Waals surface area contributed by atoms with Crippen molar-refractivity contribution in [2.45, 2.75) is 13.5 Å². The summed E-state index contributed by atoms with van der Waals surface area (Å²) in [4.78, 5) is 29.4. The van der Waals surface area contributed by atoms with Crippen LogP contribution in [-0.2, 0) is 6.54 Å². The Morgan fingerprint density at radius 2 is 2.35 bits per heavy atom. The average molecular weight is 249 g/mol. The quantitative estimate of drug-likeness (QED) is 0.854. The van der Waals surface area contributed by atoms with E-state index in [4.69, 9.17) is 0 Å². The van der Waals surface area contributed by atoms with Crippen molar-refractivity contribution in [2.75, 3.05) is 0 Å². The lowest BCUT2D eigenvalue weighted by Gasteiger charge is -2.02. The Balaban J connectivity index is 2.00. The summed E-state index contributed by atoms with van der Waals surface area (Å²) in [6.45, 7) is 2.27. The van der Waals surface area contributed by atoms with Gasteiger partial charge >= 0.3 is 0 Å². The number of carbonyl (C=O) groups excluding carboxylic acids is 1. The zero-order valence-electron chi connectivity index (χ0n) is 9.19. The van der Waals surface area contributed by atoms with Crippen molar-refractivity contribution in [3.63, 3.8) is 0 Å². The van der Waals surface area contributed by atoms with E-state index in [-0.39, 0.29) is 17.2 Å². The van der Waals surface area contributed by atoms with Gasteiger partial charge in [-0.2, -0.15) is 0 Å². The summed E-state index contributed by atoms with van der Waals surface area (Å²) in [6, 6.07) is 4.46. The van der Waals surface area contributed by atoms with E-state index >= 15 is 0 Å². The predicted octanol–water partition coefficient (Wildman–Crippen LogP) is 1.07. The molecular formula is C11H11N3O2S. The van der Waals surface area contributed by atoms with Crippen molar-refractivity contribution in [3.05, 3.63) is 50.3 Å². The number of hydrogen-bond acceptors (Lipinski definition) is 4. The van der Waals surface area contributed by atoms with Gasteiger partial charge in [0.25, 0.3) is 5.91 Å². The highest BCUT2D eigenvalue weighted by molar-refractivity contribution is 7.09. The zero-order valence-corrected chi connectivity index (χ0v) is 10.0. The molecule has 0 aliphatic rings. The Bertz CT molecular complexity index is 588. The van der Waals surface area contributed by atoms with Gasteiger partial charge in [-0.05, 0) is 13.0 Å². The van der Waals surface area contributed by atoms with Crippen molar-refractivity contribution in [1.29, 1.82) is 0 Å². The summed E-state index contributed by atoms with van der Waals surface area (Å²) < 4.78 is 0. The maximum absolute atomic E-state index is 11.7. The molecule has 0 saturated heterocycles. The number of thiazole rings is 1. The lowest BCUT2D eigenvalue weighted by atomic mass is 10.3. The highest BCUT2D eigenvalue weighted by Crippen LogP contribution is 2.07. The van der Waals surface area contributed by atoms with Crippen LogP contribution in [0.5, 0.6) is 0 Å². The van der Waals surface area contributed by atoms with Gasteiger partial charge in [-0.3, -0.25) is 9.59 Å². The zero-order chi connectivity index (χ0) is 12.3. The highest BCUT2D eigenvalue weighted by atomic mass is 32.1. The highest BCUT2D eigenvalue weighted by Gasteiger charge is 2.06. The number of aromatic nitrogens is 2. The molecule has 0 radical (unpaired) electrons. The summed E-state index contributed by atoms with van der Waals surface area (Å²) in [5, 5.41) is 5.46. The second-order valence-electron chi connectivity index (χ2n) is 3.49. The molecule has 0 bridgehead atoms. The van der Waals surface area contributed by atoms with E-state index in [1.165, 1.54) is 17.4 Å². The minimum atomic E-state index is -0.310. The Labute approximate surface area is 102 Å². The van der Waals surface area contributed by atoms with Crippen molar-refractivity contribution < 1.29 is 4.79 Å². The van der Waals surface area contributed by atoms with Crippen molar-refractivity contribution in [2.24, 2.45) is 0 Å². The molecular weight excluding hydrogens is 238 g/mol. The van der Waals surface area contributed by atoms with Gasteiger partial charge in [-0.15, -0.1) is 11.3 Å². The third-order valence-electron chi connectivity index (χ3n) is 2.08. The van der Waals surface area contributed by atoms with Crippen LogP contribution >= 0.6 is 11.3 Å². The number of nitrogens with one attached hydrogen (secondary N) is 2. The molecule has 5 nitrogen and oxygen atoms in total. The number of carbonyl (C=O) groups is 1. The second kappa shape index (κ2) is 4.92. The standard InChI is InChI=1S/C11H11N3O2S/c1-7-6-17-10(13-7)5-12-11(16)8-3-2-4-9(15)14-8/h2-4,6H,5H2,1H3,(H,12,16)(H,14,15). The van der Waals surface area contributed by atoms with Crippen LogP contribution in [0.4, 0.5) is 0 Å². The lowest BCUT2D eigenvalue weighted by molar-refractivity contribution is 0.0945. The van der Waals surface area contributed by atoms with Crippen LogP contribution in [0.25, 0.3) is 0 Å². The first kappa shape index (κ1) is 11.5. The summed E-state index contributed by atoms with van der Waals surface area (Å²) in [5.74, 6) is -0.310. The lowest BCUT2D eigenvalue weighted by Crippen LogP contribution is -2.25. The van der Waals surface area contributed by atoms with Crippen LogP contribution in [0.2, 0.25) is 0 Å². The molecule has 0 aliphatic carbocycles. The van der Waals surface area contributed by atoms with Crippen LogP contribution in [0, 0.1) is 6.92 Å². The van der Waals surface area contributed by atoms with E-state index in [2.05, 4.69) is 15.3 Å². The van der Waals surface area contributed by atoms with Crippen LogP contribution in [0.15, 0.2) is 28.4 Å². The number of pyridine rings is 1. The van der Waals surface area contributed by atoms with E-state index in [0.717, 1.165) is 10.7 Å². The molecule has 2 heterocycles. The molecule has 2 aromatic rings. The number of aromatic amines is 1. The van der Waals surface area contributed by atoms with Crippen molar-refractivity contribution in [3.8, 4) is 0 Å². The maximum Gasteiger partial charge on any atom is 0.268 e. The maximum atomic E-state index is 11.7. The van der Waals surface area contributed by atoms with Crippen LogP contribution in [-0.4, -0.2) is 15.9 Å². The number of amides is 1. The minimum absolute atomic E-state index is 0.255. The van der Waals surface area contributed by atoms with Gasteiger partial charge in [0.1, 0.15) is 10.7 Å². The summed E-state index contributed by atoms with van der Waals surface area (Å²) in [6.07, 6.45) is 0. The van der Waals surface area contributed by atoms with E-state index in [9.17, 15) is 9.59 Å². The van der Waals surface area contributed by atoms with E-state index in [1.807, 2.05) is 12.3 Å². The van der Waals surface area contributed by atoms with Gasteiger partial charge in [-0.1, -0.05) is 6.07 Å². The van der Waals surface area contributed by atoms with Crippen molar-refractivity contribution >= 4 is 17.2 Å². The summed E-state index contributed by atoms with van der Waals surface area (Å²) in [5.41, 5.74) is 0.904. The molecule has 1 amide bonds. The molecule has 17 heavy (non-hydrogen) atoms. The van der Waals surface area contributed by atoms with Gasteiger partial charge < -0.3 is 10.3 Å². The smallest absolute Gasteiger partial charge is 0.268 e. The van der Waals surface area contributed by atoms with Gasteiger partial charge in [0.05, 0.1) is 6.54 Å². The fourth-order valence-corrected chi connectivity index (χ4v) is 2.03. The Morgan fingerprint density at radius 1 is 1.53 bits per heavy atom. The number of rotatable bonds is 3. The van der Waals surface area contributed by atoms with Gasteiger partial charge in [0.2, 0.25) is 5.56 Å². The SMILES string of the molecule is Cc1csc(CNC(=O)c2cccc(=O)[nH]2)n1. The molecule has 6 heteroatoms. The molecule has 2 N–H and O–H groups in total. The van der Waals surface area contributed by atoms with Gasteiger partial charge in [0, 0.05) is 17.1 Å². The van der Waals surface area contributed by atoms with E-state index in [1.54, 1.807) is 12.1 Å². The molecule has 88 valence electrons. The topological polar surface area (TPSA) is 74.8 Å². The fraction of sp³-hybridized carbons (Fsp3) is 0.182. The molecule has 0 atom stereocenters. The van der Waals surface area contributed by atoms with Crippen LogP contribution < -0.4 is 10.9 Å².